The molecule has 0 amide bonds. The summed E-state index contributed by atoms with van der Waals surface area (Å²) in [5.74, 6) is -0.957. The number of aryl methyl sites for hydroxylation is 1. The SMILES string of the molecule is Cc1nc2ccccc2c(N2CCC(C(=O)O)C2)c1C. The van der Waals surface area contributed by atoms with Crippen molar-refractivity contribution >= 4 is 22.6 Å². The van der Waals surface area contributed by atoms with Crippen LogP contribution in [-0.2, 0) is 4.79 Å². The summed E-state index contributed by atoms with van der Waals surface area (Å²) >= 11 is 0. The van der Waals surface area contributed by atoms with Gasteiger partial charge >= 0.3 is 5.97 Å². The summed E-state index contributed by atoms with van der Waals surface area (Å²) in [6.07, 6.45) is 0.713. The predicted octanol–water partition coefficient (Wildman–Crippen LogP) is 2.76. The number of carboxylic acids is 1. The van der Waals surface area contributed by atoms with E-state index in [1.165, 1.54) is 0 Å². The zero-order chi connectivity index (χ0) is 14.3. The molecular formula is C16H18N2O2. The van der Waals surface area contributed by atoms with Gasteiger partial charge in [-0.15, -0.1) is 0 Å². The Balaban J connectivity index is 2.11. The largest absolute Gasteiger partial charge is 0.481 e. The van der Waals surface area contributed by atoms with Gasteiger partial charge in [-0.1, -0.05) is 18.2 Å². The minimum atomic E-state index is -0.694. The fourth-order valence-electron chi connectivity index (χ4n) is 2.98. The van der Waals surface area contributed by atoms with E-state index < -0.39 is 5.97 Å². The van der Waals surface area contributed by atoms with Gasteiger partial charge in [-0.2, -0.15) is 0 Å². The molecule has 104 valence electrons. The van der Waals surface area contributed by atoms with Crippen LogP contribution in [0.5, 0.6) is 0 Å². The molecule has 0 radical (unpaired) electrons. The van der Waals surface area contributed by atoms with Crippen LogP contribution in [0.3, 0.4) is 0 Å². The molecule has 2 aromatic rings. The number of hydrogen-bond acceptors (Lipinski definition) is 3. The van der Waals surface area contributed by atoms with Crippen LogP contribution in [0.25, 0.3) is 10.9 Å². The molecular weight excluding hydrogens is 252 g/mol. The molecule has 1 aromatic carbocycles. The fourth-order valence-corrected chi connectivity index (χ4v) is 2.98. The lowest BCUT2D eigenvalue weighted by molar-refractivity contribution is -0.140. The third kappa shape index (κ3) is 2.01. The van der Waals surface area contributed by atoms with Gasteiger partial charge in [-0.3, -0.25) is 9.78 Å². The summed E-state index contributed by atoms with van der Waals surface area (Å²) in [5, 5.41) is 10.3. The zero-order valence-corrected chi connectivity index (χ0v) is 11.8. The Morgan fingerprint density at radius 1 is 1.35 bits per heavy atom. The molecule has 0 aliphatic carbocycles. The van der Waals surface area contributed by atoms with Crippen LogP contribution in [0, 0.1) is 19.8 Å². The highest BCUT2D eigenvalue weighted by Crippen LogP contribution is 2.34. The molecule has 20 heavy (non-hydrogen) atoms. The molecule has 1 aliphatic heterocycles. The molecule has 1 aromatic heterocycles. The molecule has 1 atom stereocenters. The van der Waals surface area contributed by atoms with Crippen molar-refractivity contribution in [2.45, 2.75) is 20.3 Å². The van der Waals surface area contributed by atoms with Gasteiger partial charge < -0.3 is 10.0 Å². The fraction of sp³-hybridized carbons (Fsp3) is 0.375. The van der Waals surface area contributed by atoms with Crippen molar-refractivity contribution in [2.75, 3.05) is 18.0 Å². The predicted molar refractivity (Wildman–Crippen MR) is 79.2 cm³/mol. The lowest BCUT2D eigenvalue weighted by atomic mass is 10.1. The first kappa shape index (κ1) is 12.9. The molecule has 1 saturated heterocycles. The number of para-hydroxylation sites is 1. The summed E-state index contributed by atoms with van der Waals surface area (Å²) < 4.78 is 0. The van der Waals surface area contributed by atoms with E-state index in [4.69, 9.17) is 0 Å². The highest BCUT2D eigenvalue weighted by Gasteiger charge is 2.30. The van der Waals surface area contributed by atoms with Gasteiger partial charge in [0.2, 0.25) is 0 Å². The molecule has 0 spiro atoms. The Hall–Kier alpha value is -2.10. The minimum absolute atomic E-state index is 0.262. The van der Waals surface area contributed by atoms with Crippen molar-refractivity contribution in [3.63, 3.8) is 0 Å². The Bertz CT molecular complexity index is 681. The second-order valence-electron chi connectivity index (χ2n) is 5.46. The first-order valence-electron chi connectivity index (χ1n) is 6.91. The quantitative estimate of drug-likeness (QED) is 0.911. The van der Waals surface area contributed by atoms with E-state index in [0.717, 1.165) is 34.4 Å². The third-order valence-corrected chi connectivity index (χ3v) is 4.20. The maximum Gasteiger partial charge on any atom is 0.308 e. The van der Waals surface area contributed by atoms with E-state index in [-0.39, 0.29) is 5.92 Å². The Kier molecular flexibility index (Phi) is 3.08. The second kappa shape index (κ2) is 4.78. The molecule has 1 fully saturated rings. The van der Waals surface area contributed by atoms with Gasteiger partial charge in [-0.05, 0) is 31.9 Å². The van der Waals surface area contributed by atoms with Crippen LogP contribution in [0.15, 0.2) is 24.3 Å². The van der Waals surface area contributed by atoms with Gasteiger partial charge in [0, 0.05) is 24.2 Å². The van der Waals surface area contributed by atoms with Crippen LogP contribution in [-0.4, -0.2) is 29.1 Å². The number of aliphatic carboxylic acids is 1. The summed E-state index contributed by atoms with van der Waals surface area (Å²) in [4.78, 5) is 18.0. The number of hydrogen-bond donors (Lipinski definition) is 1. The van der Waals surface area contributed by atoms with Gasteiger partial charge in [-0.25, -0.2) is 0 Å². The number of nitrogens with zero attached hydrogens (tertiary/aromatic N) is 2. The van der Waals surface area contributed by atoms with Crippen molar-refractivity contribution in [1.29, 1.82) is 0 Å². The van der Waals surface area contributed by atoms with Gasteiger partial charge in [0.25, 0.3) is 0 Å². The Morgan fingerprint density at radius 2 is 2.10 bits per heavy atom. The van der Waals surface area contributed by atoms with Crippen molar-refractivity contribution in [2.24, 2.45) is 5.92 Å². The highest BCUT2D eigenvalue weighted by molar-refractivity contribution is 5.94. The van der Waals surface area contributed by atoms with Crippen LogP contribution in [0.4, 0.5) is 5.69 Å². The number of anilines is 1. The van der Waals surface area contributed by atoms with E-state index in [1.807, 2.05) is 25.1 Å². The number of fused-ring (bicyclic) bond motifs is 1. The molecule has 3 rings (SSSR count). The molecule has 0 saturated carbocycles. The van der Waals surface area contributed by atoms with Crippen molar-refractivity contribution in [1.82, 2.24) is 4.98 Å². The van der Waals surface area contributed by atoms with Crippen LogP contribution in [0.1, 0.15) is 17.7 Å². The van der Waals surface area contributed by atoms with E-state index >= 15 is 0 Å². The first-order chi connectivity index (χ1) is 9.58. The molecule has 4 heteroatoms. The second-order valence-corrected chi connectivity index (χ2v) is 5.46. The maximum absolute atomic E-state index is 11.2. The zero-order valence-electron chi connectivity index (χ0n) is 11.8. The monoisotopic (exact) mass is 270 g/mol. The molecule has 4 nitrogen and oxygen atoms in total. The lowest BCUT2D eigenvalue weighted by Gasteiger charge is -2.23. The van der Waals surface area contributed by atoms with Crippen LogP contribution in [0.2, 0.25) is 0 Å². The van der Waals surface area contributed by atoms with E-state index in [2.05, 4.69) is 22.9 Å². The van der Waals surface area contributed by atoms with Gasteiger partial charge in [0.1, 0.15) is 0 Å². The standard InChI is InChI=1S/C16H18N2O2/c1-10-11(2)17-14-6-4-3-5-13(14)15(10)18-8-7-12(9-18)16(19)20/h3-6,12H,7-9H2,1-2H3,(H,19,20). The number of pyridine rings is 1. The summed E-state index contributed by atoms with van der Waals surface area (Å²) in [6.45, 7) is 5.46. The van der Waals surface area contributed by atoms with Crippen molar-refractivity contribution in [3.8, 4) is 0 Å². The molecule has 1 N–H and O–H groups in total. The van der Waals surface area contributed by atoms with E-state index in [9.17, 15) is 9.90 Å². The minimum Gasteiger partial charge on any atom is -0.481 e. The normalized spacial score (nSPS) is 18.7. The number of rotatable bonds is 2. The first-order valence-corrected chi connectivity index (χ1v) is 6.91. The van der Waals surface area contributed by atoms with Gasteiger partial charge in [0.05, 0.1) is 17.1 Å². The third-order valence-electron chi connectivity index (χ3n) is 4.20. The highest BCUT2D eigenvalue weighted by atomic mass is 16.4. The van der Waals surface area contributed by atoms with E-state index in [0.29, 0.717) is 13.0 Å². The lowest BCUT2D eigenvalue weighted by Crippen LogP contribution is -2.24. The summed E-state index contributed by atoms with van der Waals surface area (Å²) in [6, 6.07) is 8.07. The van der Waals surface area contributed by atoms with Crippen LogP contribution >= 0.6 is 0 Å². The van der Waals surface area contributed by atoms with Gasteiger partial charge in [0.15, 0.2) is 0 Å². The van der Waals surface area contributed by atoms with Crippen molar-refractivity contribution in [3.05, 3.63) is 35.5 Å². The summed E-state index contributed by atoms with van der Waals surface area (Å²) in [7, 11) is 0. The van der Waals surface area contributed by atoms with Crippen molar-refractivity contribution < 1.29 is 9.90 Å². The smallest absolute Gasteiger partial charge is 0.308 e. The average molecular weight is 270 g/mol. The number of benzene rings is 1. The summed E-state index contributed by atoms with van der Waals surface area (Å²) in [5.41, 5.74) is 4.29. The molecule has 0 bridgehead atoms. The topological polar surface area (TPSA) is 53.4 Å². The van der Waals surface area contributed by atoms with Crippen LogP contribution < -0.4 is 4.90 Å². The number of carbonyl (C=O) groups is 1. The molecule has 2 heterocycles. The Labute approximate surface area is 118 Å². The maximum atomic E-state index is 11.2. The number of carboxylic acid groups (broad SMARTS) is 1. The molecule has 1 unspecified atom stereocenters. The molecule has 1 aliphatic rings. The number of aromatic nitrogens is 1. The Morgan fingerprint density at radius 3 is 2.80 bits per heavy atom. The average Bonchev–Trinajstić information content (AvgIpc) is 2.90. The van der Waals surface area contributed by atoms with E-state index in [1.54, 1.807) is 0 Å².